The van der Waals surface area contributed by atoms with E-state index in [1.54, 1.807) is 18.4 Å². The molecule has 0 unspecified atom stereocenters. The van der Waals surface area contributed by atoms with Crippen LogP contribution < -0.4 is 0 Å². The number of aromatic nitrogens is 1. The second kappa shape index (κ2) is 6.43. The molecule has 0 N–H and O–H groups in total. The van der Waals surface area contributed by atoms with Gasteiger partial charge in [-0.15, -0.1) is 11.3 Å². The maximum atomic E-state index is 12.6. The fourth-order valence-corrected chi connectivity index (χ4v) is 4.88. The predicted octanol–water partition coefficient (Wildman–Crippen LogP) is 2.35. The van der Waals surface area contributed by atoms with Crippen LogP contribution in [-0.4, -0.2) is 55.8 Å². The number of amides is 1. The van der Waals surface area contributed by atoms with E-state index in [0.29, 0.717) is 32.0 Å². The largest absolute Gasteiger partial charge is 0.384 e. The number of likely N-dealkylation sites (tertiary alicyclic amines) is 1. The van der Waals surface area contributed by atoms with E-state index in [4.69, 9.17) is 9.47 Å². The maximum Gasteiger partial charge on any atom is 0.223 e. The molecule has 1 aromatic carbocycles. The van der Waals surface area contributed by atoms with Crippen LogP contribution in [0.3, 0.4) is 0 Å². The van der Waals surface area contributed by atoms with E-state index in [9.17, 15) is 4.79 Å². The van der Waals surface area contributed by atoms with Crippen LogP contribution in [0.2, 0.25) is 0 Å². The van der Waals surface area contributed by atoms with E-state index < -0.39 is 0 Å². The number of fused-ring (bicyclic) bond motifs is 2. The summed E-state index contributed by atoms with van der Waals surface area (Å²) in [6.45, 7) is 3.66. The number of carbonyl (C=O) groups is 1. The van der Waals surface area contributed by atoms with Crippen LogP contribution >= 0.6 is 11.3 Å². The minimum absolute atomic E-state index is 0.000270. The number of rotatable bonds is 5. The van der Waals surface area contributed by atoms with Crippen molar-refractivity contribution in [1.29, 1.82) is 0 Å². The fourth-order valence-electron chi connectivity index (χ4n) is 3.91. The van der Waals surface area contributed by atoms with Gasteiger partial charge >= 0.3 is 0 Å². The molecule has 0 spiro atoms. The van der Waals surface area contributed by atoms with Gasteiger partial charge in [0.05, 0.1) is 35.0 Å². The first-order valence-corrected chi connectivity index (χ1v) is 9.21. The lowest BCUT2D eigenvalue weighted by Gasteiger charge is -2.25. The highest BCUT2D eigenvalue weighted by Gasteiger charge is 2.51. The molecule has 2 aliphatic heterocycles. The minimum Gasteiger partial charge on any atom is -0.384 e. The van der Waals surface area contributed by atoms with Crippen molar-refractivity contribution in [3.63, 3.8) is 0 Å². The van der Waals surface area contributed by atoms with Crippen molar-refractivity contribution in [2.75, 3.05) is 40.0 Å². The van der Waals surface area contributed by atoms with Gasteiger partial charge in [0.25, 0.3) is 0 Å². The highest BCUT2D eigenvalue weighted by Crippen LogP contribution is 2.41. The minimum atomic E-state index is 0.000270. The van der Waals surface area contributed by atoms with Gasteiger partial charge in [-0.1, -0.05) is 12.1 Å². The molecule has 3 heterocycles. The van der Waals surface area contributed by atoms with Gasteiger partial charge < -0.3 is 14.4 Å². The average Bonchev–Trinajstić information content (AvgIpc) is 3.23. The Kier molecular flexibility index (Phi) is 4.28. The van der Waals surface area contributed by atoms with E-state index in [-0.39, 0.29) is 11.3 Å². The SMILES string of the molecule is COC[C@@]12COC[C@@H]1CN(C(=O)CCc1nc3ccccc3s1)C2. The summed E-state index contributed by atoms with van der Waals surface area (Å²) in [5.41, 5.74) is 1.03. The van der Waals surface area contributed by atoms with Crippen molar-refractivity contribution in [3.05, 3.63) is 29.3 Å². The third-order valence-electron chi connectivity index (χ3n) is 5.20. The van der Waals surface area contributed by atoms with Gasteiger partial charge in [-0.2, -0.15) is 0 Å². The van der Waals surface area contributed by atoms with E-state index >= 15 is 0 Å². The number of para-hydroxylation sites is 1. The predicted molar refractivity (Wildman–Crippen MR) is 93.1 cm³/mol. The number of aryl methyl sites for hydroxylation is 1. The summed E-state index contributed by atoms with van der Waals surface area (Å²) >= 11 is 1.68. The third-order valence-corrected chi connectivity index (χ3v) is 6.29. The van der Waals surface area contributed by atoms with Crippen LogP contribution in [0.25, 0.3) is 10.2 Å². The van der Waals surface area contributed by atoms with Crippen LogP contribution in [0.5, 0.6) is 0 Å². The zero-order valence-corrected chi connectivity index (χ0v) is 14.7. The van der Waals surface area contributed by atoms with Gasteiger partial charge in [0, 0.05) is 44.4 Å². The molecule has 2 atom stereocenters. The average molecular weight is 346 g/mol. The number of benzene rings is 1. The van der Waals surface area contributed by atoms with E-state index in [1.807, 2.05) is 23.1 Å². The van der Waals surface area contributed by atoms with Crippen LogP contribution in [-0.2, 0) is 20.7 Å². The molecular formula is C18H22N2O3S. The van der Waals surface area contributed by atoms with Crippen molar-refractivity contribution >= 4 is 27.5 Å². The summed E-state index contributed by atoms with van der Waals surface area (Å²) in [7, 11) is 1.72. The molecular weight excluding hydrogens is 324 g/mol. The molecule has 2 aliphatic rings. The fraction of sp³-hybridized carbons (Fsp3) is 0.556. The Morgan fingerprint density at radius 1 is 1.50 bits per heavy atom. The van der Waals surface area contributed by atoms with Crippen molar-refractivity contribution in [1.82, 2.24) is 9.88 Å². The molecule has 5 nitrogen and oxygen atoms in total. The van der Waals surface area contributed by atoms with Crippen LogP contribution in [0.4, 0.5) is 0 Å². The van der Waals surface area contributed by atoms with E-state index in [2.05, 4.69) is 11.1 Å². The third kappa shape index (κ3) is 2.83. The summed E-state index contributed by atoms with van der Waals surface area (Å²) in [6.07, 6.45) is 1.24. The Hall–Kier alpha value is -1.50. The first-order valence-electron chi connectivity index (χ1n) is 8.39. The number of carbonyl (C=O) groups excluding carboxylic acids is 1. The lowest BCUT2D eigenvalue weighted by molar-refractivity contribution is -0.131. The van der Waals surface area contributed by atoms with Crippen molar-refractivity contribution in [2.45, 2.75) is 12.8 Å². The summed E-state index contributed by atoms with van der Waals surface area (Å²) in [6, 6.07) is 8.12. The number of ether oxygens (including phenoxy) is 2. The van der Waals surface area contributed by atoms with Gasteiger partial charge in [-0.25, -0.2) is 4.98 Å². The number of hydrogen-bond donors (Lipinski definition) is 0. The summed E-state index contributed by atoms with van der Waals surface area (Å²) < 4.78 is 12.2. The zero-order valence-electron chi connectivity index (χ0n) is 13.9. The highest BCUT2D eigenvalue weighted by atomic mass is 32.1. The molecule has 128 valence electrons. The molecule has 2 fully saturated rings. The van der Waals surface area contributed by atoms with Crippen molar-refractivity contribution < 1.29 is 14.3 Å². The summed E-state index contributed by atoms with van der Waals surface area (Å²) in [4.78, 5) is 19.3. The zero-order chi connectivity index (χ0) is 16.6. The molecule has 0 bridgehead atoms. The topological polar surface area (TPSA) is 51.7 Å². The second-order valence-electron chi connectivity index (χ2n) is 6.86. The van der Waals surface area contributed by atoms with Crippen molar-refractivity contribution in [2.24, 2.45) is 11.3 Å². The lowest BCUT2D eigenvalue weighted by Crippen LogP contribution is -2.37. The second-order valence-corrected chi connectivity index (χ2v) is 7.97. The number of methoxy groups -OCH3 is 1. The highest BCUT2D eigenvalue weighted by molar-refractivity contribution is 7.18. The molecule has 0 saturated carbocycles. The monoisotopic (exact) mass is 346 g/mol. The van der Waals surface area contributed by atoms with Crippen LogP contribution in [0.15, 0.2) is 24.3 Å². The Labute approximate surface area is 145 Å². The lowest BCUT2D eigenvalue weighted by atomic mass is 9.82. The quantitative estimate of drug-likeness (QED) is 0.834. The number of hydrogen-bond acceptors (Lipinski definition) is 5. The molecule has 4 rings (SSSR count). The smallest absolute Gasteiger partial charge is 0.223 e. The number of nitrogens with zero attached hydrogens (tertiary/aromatic N) is 2. The molecule has 2 saturated heterocycles. The van der Waals surface area contributed by atoms with Gasteiger partial charge in [0.15, 0.2) is 0 Å². The first kappa shape index (κ1) is 16.0. The Bertz CT molecular complexity index is 714. The Morgan fingerprint density at radius 3 is 3.21 bits per heavy atom. The molecule has 6 heteroatoms. The molecule has 2 aromatic rings. The summed E-state index contributed by atoms with van der Waals surface area (Å²) in [5.74, 6) is 0.628. The molecule has 0 aliphatic carbocycles. The first-order chi connectivity index (χ1) is 11.7. The van der Waals surface area contributed by atoms with Gasteiger partial charge in [0.2, 0.25) is 5.91 Å². The summed E-state index contributed by atoms with van der Waals surface area (Å²) in [5, 5.41) is 1.04. The normalized spacial score (nSPS) is 26.2. The standard InChI is InChI=1S/C18H22N2O3S/c1-22-11-18-10-20(8-13(18)9-23-12-18)17(21)7-6-16-19-14-4-2-3-5-15(14)24-16/h2-5,13H,6-12H2,1H3/t13-,18-/m0/s1. The maximum absolute atomic E-state index is 12.6. The Morgan fingerprint density at radius 2 is 2.38 bits per heavy atom. The van der Waals surface area contributed by atoms with Crippen molar-refractivity contribution in [3.8, 4) is 0 Å². The molecule has 1 aromatic heterocycles. The van der Waals surface area contributed by atoms with Crippen LogP contribution in [0, 0.1) is 11.3 Å². The van der Waals surface area contributed by atoms with Gasteiger partial charge in [-0.3, -0.25) is 4.79 Å². The van der Waals surface area contributed by atoms with E-state index in [1.165, 1.54) is 4.70 Å². The Balaban J connectivity index is 1.38. The molecule has 0 radical (unpaired) electrons. The van der Waals surface area contributed by atoms with Gasteiger partial charge in [-0.05, 0) is 12.1 Å². The van der Waals surface area contributed by atoms with E-state index in [0.717, 1.165) is 30.2 Å². The number of thiazole rings is 1. The van der Waals surface area contributed by atoms with Crippen LogP contribution in [0.1, 0.15) is 11.4 Å². The molecule has 24 heavy (non-hydrogen) atoms. The van der Waals surface area contributed by atoms with Gasteiger partial charge in [0.1, 0.15) is 0 Å². The molecule has 1 amide bonds.